The molecule has 3 amide bonds. The van der Waals surface area contributed by atoms with Crippen molar-refractivity contribution in [1.29, 1.82) is 0 Å². The van der Waals surface area contributed by atoms with E-state index in [-0.39, 0.29) is 12.5 Å². The van der Waals surface area contributed by atoms with Gasteiger partial charge in [-0.05, 0) is 12.5 Å². The van der Waals surface area contributed by atoms with Crippen molar-refractivity contribution in [1.82, 2.24) is 15.1 Å². The molecular weight excluding hydrogens is 322 g/mol. The third kappa shape index (κ3) is 3.00. The fourth-order valence-electron chi connectivity index (χ4n) is 2.96. The minimum Gasteiger partial charge on any atom is -0.393 e. The number of aliphatic hydroxyl groups excluding tert-OH is 1. The maximum Gasteiger partial charge on any atom is 0.390 e. The van der Waals surface area contributed by atoms with Gasteiger partial charge >= 0.3 is 12.0 Å². The highest BCUT2D eigenvalue weighted by Crippen LogP contribution is 2.20. The third-order valence-corrected chi connectivity index (χ3v) is 4.40. The number of benzene rings is 1. The van der Waals surface area contributed by atoms with Gasteiger partial charge in [0.05, 0.1) is 19.7 Å². The second-order valence-corrected chi connectivity index (χ2v) is 6.20. The number of hydrogen-bond acceptors (Lipinski definition) is 5. The Kier molecular flexibility index (Phi) is 4.54. The summed E-state index contributed by atoms with van der Waals surface area (Å²) in [4.78, 5) is 31.8. The number of carbonyl (C=O) groups is 2. The van der Waals surface area contributed by atoms with Crippen LogP contribution in [0.2, 0.25) is 0 Å². The average Bonchev–Trinajstić information content (AvgIpc) is 2.96. The fraction of sp³-hybridized carbons (Fsp3) is 0.412. The Morgan fingerprint density at radius 3 is 2.52 bits per heavy atom. The predicted octanol–water partition coefficient (Wildman–Crippen LogP) is -0.250. The molecule has 0 bridgehead atoms. The van der Waals surface area contributed by atoms with Crippen LogP contribution < -0.4 is 5.32 Å². The number of likely N-dealkylation sites (N-methyl/N-ethyl adjacent to an activating group) is 2. The summed E-state index contributed by atoms with van der Waals surface area (Å²) >= 11 is 0. The fourth-order valence-corrected chi connectivity index (χ4v) is 2.96. The monoisotopic (exact) mass is 344 g/mol. The van der Waals surface area contributed by atoms with Crippen molar-refractivity contribution in [2.75, 3.05) is 27.2 Å². The number of imide groups is 1. The quantitative estimate of drug-likeness (QED) is 0.738. The predicted molar refractivity (Wildman–Crippen MR) is 92.4 cm³/mol. The van der Waals surface area contributed by atoms with Crippen LogP contribution in [0.1, 0.15) is 11.1 Å². The summed E-state index contributed by atoms with van der Waals surface area (Å²) in [6.45, 7) is 2.74. The molecule has 1 unspecified atom stereocenters. The lowest BCUT2D eigenvalue weighted by Gasteiger charge is -2.31. The molecule has 0 aromatic heterocycles. The molecule has 1 aromatic carbocycles. The molecule has 2 N–H and O–H groups in total. The molecule has 1 saturated heterocycles. The number of fused-ring (bicyclic) bond motifs is 1. The van der Waals surface area contributed by atoms with Crippen molar-refractivity contribution in [2.45, 2.75) is 19.5 Å². The number of hydrogen-bond donors (Lipinski definition) is 2. The smallest absolute Gasteiger partial charge is 0.390 e. The molecule has 25 heavy (non-hydrogen) atoms. The van der Waals surface area contributed by atoms with Crippen molar-refractivity contribution in [3.8, 4) is 0 Å². The molecule has 0 saturated carbocycles. The average molecular weight is 344 g/mol. The van der Waals surface area contributed by atoms with E-state index in [9.17, 15) is 9.59 Å². The normalized spacial score (nSPS) is 20.2. The van der Waals surface area contributed by atoms with Crippen molar-refractivity contribution in [3.63, 3.8) is 0 Å². The van der Waals surface area contributed by atoms with E-state index in [0.29, 0.717) is 24.9 Å². The molecule has 3 rings (SSSR count). The van der Waals surface area contributed by atoms with Gasteiger partial charge in [0.1, 0.15) is 0 Å². The van der Waals surface area contributed by atoms with E-state index in [1.54, 1.807) is 7.05 Å². The van der Waals surface area contributed by atoms with E-state index >= 15 is 0 Å². The lowest BCUT2D eigenvalue weighted by Crippen LogP contribution is -2.61. The van der Waals surface area contributed by atoms with Crippen molar-refractivity contribution in [2.24, 2.45) is 4.99 Å². The Hall–Kier alpha value is -2.74. The van der Waals surface area contributed by atoms with Gasteiger partial charge in [-0.1, -0.05) is 34.8 Å². The maximum absolute atomic E-state index is 12.7. The number of carbonyl (C=O) groups excluding carboxylic acids is 2. The highest BCUT2D eigenvalue weighted by atomic mass is 16.3. The Balaban J connectivity index is 1.98. The minimum absolute atomic E-state index is 0.0555. The number of rotatable bonds is 4. The van der Waals surface area contributed by atoms with Crippen molar-refractivity contribution in [3.05, 3.63) is 35.4 Å². The molecule has 2 heterocycles. The lowest BCUT2D eigenvalue weighted by atomic mass is 10.1. The summed E-state index contributed by atoms with van der Waals surface area (Å²) in [6.07, 6.45) is 0. The Bertz CT molecular complexity index is 769. The van der Waals surface area contributed by atoms with E-state index in [1.165, 1.54) is 11.9 Å². The van der Waals surface area contributed by atoms with Gasteiger partial charge in [0.25, 0.3) is 5.91 Å². The summed E-state index contributed by atoms with van der Waals surface area (Å²) in [5, 5.41) is 12.1. The molecule has 1 fully saturated rings. The van der Waals surface area contributed by atoms with Gasteiger partial charge in [-0.25, -0.2) is 9.37 Å². The van der Waals surface area contributed by atoms with Crippen LogP contribution in [-0.4, -0.2) is 76.5 Å². The molecule has 132 valence electrons. The third-order valence-electron chi connectivity index (χ3n) is 4.40. The molecule has 0 spiro atoms. The first-order valence-corrected chi connectivity index (χ1v) is 8.11. The summed E-state index contributed by atoms with van der Waals surface area (Å²) < 4.78 is 1.83. The van der Waals surface area contributed by atoms with Gasteiger partial charge in [-0.15, -0.1) is 0 Å². The molecule has 8 nitrogen and oxygen atoms in total. The van der Waals surface area contributed by atoms with E-state index in [2.05, 4.69) is 10.3 Å². The first-order chi connectivity index (χ1) is 11.9. The highest BCUT2D eigenvalue weighted by molar-refractivity contribution is 6.22. The molecule has 1 aromatic rings. The van der Waals surface area contributed by atoms with Crippen molar-refractivity contribution >= 4 is 23.7 Å². The standard InChI is InChI=1S/C17H21N5O3/c1-11-4-6-12(7-5-11)10-22-13-14(19-16(22)18-8-9-23)20(2)17(25)21(3)15(13)24/h4-7,13,23H,8-10H2,1-3H3/p+1. The second-order valence-electron chi connectivity index (χ2n) is 6.20. The van der Waals surface area contributed by atoms with Crippen LogP contribution >= 0.6 is 0 Å². The number of urea groups is 1. The van der Waals surface area contributed by atoms with Crippen LogP contribution in [0.4, 0.5) is 4.79 Å². The van der Waals surface area contributed by atoms with Crippen molar-refractivity contribution < 1.29 is 19.3 Å². The number of amides is 3. The van der Waals surface area contributed by atoms with E-state index in [0.717, 1.165) is 16.0 Å². The van der Waals surface area contributed by atoms with Crippen LogP contribution in [0.3, 0.4) is 0 Å². The molecule has 0 radical (unpaired) electrons. The van der Waals surface area contributed by atoms with E-state index in [4.69, 9.17) is 5.11 Å². The van der Waals surface area contributed by atoms with Crippen LogP contribution in [0.5, 0.6) is 0 Å². The lowest BCUT2D eigenvalue weighted by molar-refractivity contribution is -0.553. The summed E-state index contributed by atoms with van der Waals surface area (Å²) in [6, 6.07) is 6.97. The Morgan fingerprint density at radius 1 is 1.20 bits per heavy atom. The molecule has 1 atom stereocenters. The molecule has 0 aliphatic carbocycles. The van der Waals surface area contributed by atoms with Crippen LogP contribution in [0.15, 0.2) is 29.3 Å². The summed E-state index contributed by atoms with van der Waals surface area (Å²) in [5.41, 5.74) is 2.18. The Labute approximate surface area is 146 Å². The number of aliphatic imine (C=N–C) groups is 1. The van der Waals surface area contributed by atoms with Gasteiger partial charge < -0.3 is 5.11 Å². The van der Waals surface area contributed by atoms with Gasteiger partial charge in [0.15, 0.2) is 0 Å². The van der Waals surface area contributed by atoms with Gasteiger partial charge in [0, 0.05) is 14.1 Å². The van der Waals surface area contributed by atoms with Gasteiger partial charge in [-0.2, -0.15) is 0 Å². The van der Waals surface area contributed by atoms with E-state index < -0.39 is 12.1 Å². The topological polar surface area (TPSA) is 88.2 Å². The maximum atomic E-state index is 12.7. The van der Waals surface area contributed by atoms with E-state index in [1.807, 2.05) is 35.8 Å². The SMILES string of the molecule is Cc1ccc(C[N+]2=C(NCCO)N=C3C2C(=O)N(C)C(=O)N3C)cc1. The number of nitrogens with zero attached hydrogens (tertiary/aromatic N) is 4. The molecule has 8 heteroatoms. The van der Waals surface area contributed by atoms with Crippen LogP contribution in [0.25, 0.3) is 0 Å². The largest absolute Gasteiger partial charge is 0.393 e. The number of amidine groups is 1. The van der Waals surface area contributed by atoms with Gasteiger partial charge in [-0.3, -0.25) is 19.9 Å². The first-order valence-electron chi connectivity index (χ1n) is 8.11. The second kappa shape index (κ2) is 6.64. The summed E-state index contributed by atoms with van der Waals surface area (Å²) in [7, 11) is 3.08. The zero-order valence-corrected chi connectivity index (χ0v) is 14.6. The molecule has 2 aliphatic rings. The van der Waals surface area contributed by atoms with Gasteiger partial charge in [0.2, 0.25) is 11.9 Å². The van der Waals surface area contributed by atoms with Crippen LogP contribution in [-0.2, 0) is 11.3 Å². The number of aryl methyl sites for hydroxylation is 1. The highest BCUT2D eigenvalue weighted by Gasteiger charge is 2.51. The molecule has 2 aliphatic heterocycles. The number of guanidine groups is 1. The first kappa shape index (κ1) is 17.1. The summed E-state index contributed by atoms with van der Waals surface area (Å²) in [5.74, 6) is 0.577. The number of nitrogens with one attached hydrogen (secondary N) is 1. The minimum atomic E-state index is -0.657. The van der Waals surface area contributed by atoms with Crippen LogP contribution in [0, 0.1) is 6.92 Å². The Morgan fingerprint density at radius 2 is 1.88 bits per heavy atom. The zero-order valence-electron chi connectivity index (χ0n) is 14.6. The number of aliphatic hydroxyl groups is 1. The zero-order chi connectivity index (χ0) is 18.1. The molecular formula is C17H22N5O3+.